The lowest BCUT2D eigenvalue weighted by Gasteiger charge is -2.28. The van der Waals surface area contributed by atoms with Crippen molar-refractivity contribution in [3.8, 4) is 0 Å². The first-order valence-corrected chi connectivity index (χ1v) is 6.16. The fourth-order valence-electron chi connectivity index (χ4n) is 1.95. The molecule has 0 atom stereocenters. The van der Waals surface area contributed by atoms with Gasteiger partial charge in [-0.25, -0.2) is 0 Å². The number of rotatable bonds is 3. The van der Waals surface area contributed by atoms with Crippen molar-refractivity contribution in [2.24, 2.45) is 0 Å². The summed E-state index contributed by atoms with van der Waals surface area (Å²) in [7, 11) is 2.16. The quantitative estimate of drug-likeness (QED) is 0.804. The molecule has 88 valence electrons. The highest BCUT2D eigenvalue weighted by atomic mass is 35.5. The molecule has 1 heterocycles. The van der Waals surface area contributed by atoms with Crippen LogP contribution < -0.4 is 0 Å². The molecule has 0 saturated carbocycles. The predicted molar refractivity (Wildman–Crippen MR) is 66.8 cm³/mol. The van der Waals surface area contributed by atoms with Crippen molar-refractivity contribution < 1.29 is 4.74 Å². The average molecular weight is 240 g/mol. The molecule has 0 N–H and O–H groups in total. The third-order valence-corrected chi connectivity index (χ3v) is 3.32. The second-order valence-corrected chi connectivity index (χ2v) is 4.88. The van der Waals surface area contributed by atoms with E-state index in [2.05, 4.69) is 11.9 Å². The van der Waals surface area contributed by atoms with Gasteiger partial charge in [-0.2, -0.15) is 0 Å². The summed E-state index contributed by atoms with van der Waals surface area (Å²) in [6, 6.07) is 7.87. The van der Waals surface area contributed by atoms with Crippen molar-refractivity contribution in [2.75, 3.05) is 20.1 Å². The first-order chi connectivity index (χ1) is 7.74. The van der Waals surface area contributed by atoms with Crippen LogP contribution >= 0.6 is 11.6 Å². The van der Waals surface area contributed by atoms with Crippen LogP contribution in [0.1, 0.15) is 18.4 Å². The normalized spacial score (nSPS) is 18.9. The Labute approximate surface area is 102 Å². The standard InChI is InChI=1S/C13H18ClNO/c1-15-8-6-13(7-9-15)16-10-11-2-4-12(14)5-3-11/h2-5,13H,6-10H2,1H3. The molecule has 0 radical (unpaired) electrons. The second kappa shape index (κ2) is 5.67. The Morgan fingerprint density at radius 2 is 1.88 bits per heavy atom. The van der Waals surface area contributed by atoms with E-state index in [0.29, 0.717) is 12.7 Å². The molecule has 0 aliphatic carbocycles. The molecule has 0 unspecified atom stereocenters. The molecule has 2 rings (SSSR count). The molecule has 3 heteroatoms. The Hall–Kier alpha value is -0.570. The Morgan fingerprint density at radius 3 is 2.50 bits per heavy atom. The summed E-state index contributed by atoms with van der Waals surface area (Å²) in [6.45, 7) is 2.99. The van der Waals surface area contributed by atoms with Gasteiger partial charge in [0.2, 0.25) is 0 Å². The van der Waals surface area contributed by atoms with Crippen molar-refractivity contribution in [1.82, 2.24) is 4.90 Å². The summed E-state index contributed by atoms with van der Waals surface area (Å²) in [5.74, 6) is 0. The molecule has 0 bridgehead atoms. The smallest absolute Gasteiger partial charge is 0.0720 e. The zero-order valence-corrected chi connectivity index (χ0v) is 10.4. The van der Waals surface area contributed by atoms with Gasteiger partial charge in [-0.3, -0.25) is 0 Å². The first-order valence-electron chi connectivity index (χ1n) is 5.78. The summed E-state index contributed by atoms with van der Waals surface area (Å²) < 4.78 is 5.89. The summed E-state index contributed by atoms with van der Waals surface area (Å²) >= 11 is 5.83. The van der Waals surface area contributed by atoms with Gasteiger partial charge in [0.25, 0.3) is 0 Å². The number of benzene rings is 1. The van der Waals surface area contributed by atoms with E-state index in [9.17, 15) is 0 Å². The van der Waals surface area contributed by atoms with Crippen molar-refractivity contribution in [3.63, 3.8) is 0 Å². The predicted octanol–water partition coefficient (Wildman–Crippen LogP) is 2.95. The minimum atomic E-state index is 0.423. The minimum absolute atomic E-state index is 0.423. The van der Waals surface area contributed by atoms with E-state index in [1.54, 1.807) is 0 Å². The highest BCUT2D eigenvalue weighted by Gasteiger charge is 2.16. The molecule has 1 aromatic carbocycles. The van der Waals surface area contributed by atoms with Gasteiger partial charge in [0.1, 0.15) is 0 Å². The molecular formula is C13H18ClNO. The van der Waals surface area contributed by atoms with Crippen molar-refractivity contribution in [3.05, 3.63) is 34.9 Å². The SMILES string of the molecule is CN1CCC(OCc2ccc(Cl)cc2)CC1. The van der Waals surface area contributed by atoms with Crippen LogP contribution in [0.3, 0.4) is 0 Å². The topological polar surface area (TPSA) is 12.5 Å². The van der Waals surface area contributed by atoms with Crippen LogP contribution in [0.25, 0.3) is 0 Å². The Balaban J connectivity index is 1.77. The van der Waals surface area contributed by atoms with E-state index in [1.807, 2.05) is 24.3 Å². The summed E-state index contributed by atoms with van der Waals surface area (Å²) in [4.78, 5) is 2.35. The zero-order chi connectivity index (χ0) is 11.4. The second-order valence-electron chi connectivity index (χ2n) is 4.44. The van der Waals surface area contributed by atoms with Gasteiger partial charge < -0.3 is 9.64 Å². The summed E-state index contributed by atoms with van der Waals surface area (Å²) in [5, 5.41) is 0.781. The van der Waals surface area contributed by atoms with Gasteiger partial charge in [-0.05, 0) is 37.6 Å². The Morgan fingerprint density at radius 1 is 1.25 bits per heavy atom. The molecular weight excluding hydrogens is 222 g/mol. The molecule has 1 saturated heterocycles. The van der Waals surface area contributed by atoms with Gasteiger partial charge in [-0.1, -0.05) is 23.7 Å². The van der Waals surface area contributed by atoms with Crippen LogP contribution in [-0.4, -0.2) is 31.1 Å². The largest absolute Gasteiger partial charge is 0.373 e. The fraction of sp³-hybridized carbons (Fsp3) is 0.538. The van der Waals surface area contributed by atoms with Crippen molar-refractivity contribution in [2.45, 2.75) is 25.6 Å². The first kappa shape index (κ1) is 11.9. The number of nitrogens with zero attached hydrogens (tertiary/aromatic N) is 1. The number of piperidine rings is 1. The Kier molecular flexibility index (Phi) is 4.22. The number of hydrogen-bond donors (Lipinski definition) is 0. The number of hydrogen-bond acceptors (Lipinski definition) is 2. The molecule has 0 spiro atoms. The lowest BCUT2D eigenvalue weighted by atomic mass is 10.1. The van der Waals surface area contributed by atoms with Crippen LogP contribution in [0.5, 0.6) is 0 Å². The highest BCUT2D eigenvalue weighted by Crippen LogP contribution is 2.15. The van der Waals surface area contributed by atoms with Crippen LogP contribution in [0.2, 0.25) is 5.02 Å². The summed E-state index contributed by atoms with van der Waals surface area (Å²) in [6.07, 6.45) is 2.71. The molecule has 0 aromatic heterocycles. The minimum Gasteiger partial charge on any atom is -0.373 e. The van der Waals surface area contributed by atoms with Gasteiger partial charge >= 0.3 is 0 Å². The van der Waals surface area contributed by atoms with Gasteiger partial charge in [-0.15, -0.1) is 0 Å². The summed E-state index contributed by atoms with van der Waals surface area (Å²) in [5.41, 5.74) is 1.20. The molecule has 1 aromatic rings. The molecule has 1 aliphatic heterocycles. The number of ether oxygens (including phenoxy) is 1. The van der Waals surface area contributed by atoms with E-state index >= 15 is 0 Å². The lowest BCUT2D eigenvalue weighted by Crippen LogP contribution is -2.34. The van der Waals surface area contributed by atoms with Gasteiger partial charge in [0, 0.05) is 18.1 Å². The van der Waals surface area contributed by atoms with Crippen LogP contribution in [0.15, 0.2) is 24.3 Å². The molecule has 16 heavy (non-hydrogen) atoms. The van der Waals surface area contributed by atoms with Gasteiger partial charge in [0.15, 0.2) is 0 Å². The highest BCUT2D eigenvalue weighted by molar-refractivity contribution is 6.30. The zero-order valence-electron chi connectivity index (χ0n) is 9.66. The van der Waals surface area contributed by atoms with E-state index < -0.39 is 0 Å². The molecule has 1 aliphatic rings. The van der Waals surface area contributed by atoms with Crippen molar-refractivity contribution in [1.29, 1.82) is 0 Å². The van der Waals surface area contributed by atoms with Crippen LogP contribution in [0, 0.1) is 0 Å². The Bertz CT molecular complexity index is 317. The number of likely N-dealkylation sites (tertiary alicyclic amines) is 1. The molecule has 1 fully saturated rings. The van der Waals surface area contributed by atoms with E-state index in [0.717, 1.165) is 31.0 Å². The third-order valence-electron chi connectivity index (χ3n) is 3.06. The van der Waals surface area contributed by atoms with Crippen molar-refractivity contribution >= 4 is 11.6 Å². The van der Waals surface area contributed by atoms with Crippen LogP contribution in [-0.2, 0) is 11.3 Å². The van der Waals surface area contributed by atoms with Crippen LogP contribution in [0.4, 0.5) is 0 Å². The third kappa shape index (κ3) is 3.48. The lowest BCUT2D eigenvalue weighted by molar-refractivity contribution is 0.00214. The maximum atomic E-state index is 5.89. The number of halogens is 1. The molecule has 2 nitrogen and oxygen atoms in total. The van der Waals surface area contributed by atoms with E-state index in [1.165, 1.54) is 5.56 Å². The monoisotopic (exact) mass is 239 g/mol. The van der Waals surface area contributed by atoms with E-state index in [4.69, 9.17) is 16.3 Å². The van der Waals surface area contributed by atoms with E-state index in [-0.39, 0.29) is 0 Å². The molecule has 0 amide bonds. The average Bonchev–Trinajstić information content (AvgIpc) is 2.30. The maximum absolute atomic E-state index is 5.89. The fourth-order valence-corrected chi connectivity index (χ4v) is 2.07. The maximum Gasteiger partial charge on any atom is 0.0720 e. The van der Waals surface area contributed by atoms with Gasteiger partial charge in [0.05, 0.1) is 12.7 Å².